The molecular weight excluding hydrogens is 373 g/mol. The Bertz CT molecular complexity index is 720. The highest BCUT2D eigenvalue weighted by Crippen LogP contribution is 2.36. The van der Waals surface area contributed by atoms with Crippen LogP contribution in [0.15, 0.2) is 30.6 Å². The predicted octanol–water partition coefficient (Wildman–Crippen LogP) is 4.26. The van der Waals surface area contributed by atoms with Crippen LogP contribution in [0.25, 0.3) is 0 Å². The molecule has 0 amide bonds. The van der Waals surface area contributed by atoms with Crippen LogP contribution in [0.3, 0.4) is 0 Å². The van der Waals surface area contributed by atoms with Gasteiger partial charge in [-0.05, 0) is 31.0 Å². The number of ether oxygens (including phenoxy) is 1. The molecule has 1 atom stereocenters. The van der Waals surface area contributed by atoms with Crippen molar-refractivity contribution in [3.05, 3.63) is 45.7 Å². The summed E-state index contributed by atoms with van der Waals surface area (Å²) in [4.78, 5) is 22.9. The molecular formula is C16H14Cl3N3O2. The molecule has 0 N–H and O–H groups in total. The van der Waals surface area contributed by atoms with Gasteiger partial charge in [0.2, 0.25) is 5.95 Å². The molecule has 5 nitrogen and oxygen atoms in total. The van der Waals surface area contributed by atoms with E-state index in [1.807, 2.05) is 4.90 Å². The Morgan fingerprint density at radius 3 is 2.50 bits per heavy atom. The Labute approximate surface area is 154 Å². The average molecular weight is 387 g/mol. The van der Waals surface area contributed by atoms with Gasteiger partial charge in [0.15, 0.2) is 5.75 Å². The summed E-state index contributed by atoms with van der Waals surface area (Å²) in [5.41, 5.74) is 0. The Balaban J connectivity index is 1.71. The highest BCUT2D eigenvalue weighted by atomic mass is 35.5. The third kappa shape index (κ3) is 3.91. The van der Waals surface area contributed by atoms with Crippen LogP contribution in [0.5, 0.6) is 5.75 Å². The second kappa shape index (κ2) is 7.55. The van der Waals surface area contributed by atoms with Gasteiger partial charge in [0.25, 0.3) is 0 Å². The van der Waals surface area contributed by atoms with E-state index in [9.17, 15) is 4.79 Å². The zero-order valence-electron chi connectivity index (χ0n) is 12.6. The molecule has 2 heterocycles. The molecule has 0 saturated carbocycles. The summed E-state index contributed by atoms with van der Waals surface area (Å²) in [6.07, 6.45) is 4.93. The summed E-state index contributed by atoms with van der Waals surface area (Å²) in [6, 6.07) is 4.73. The van der Waals surface area contributed by atoms with E-state index in [-0.39, 0.29) is 27.7 Å². The average Bonchev–Trinajstić information content (AvgIpc) is 2.59. The quantitative estimate of drug-likeness (QED) is 0.583. The van der Waals surface area contributed by atoms with Crippen molar-refractivity contribution in [2.75, 3.05) is 18.0 Å². The molecule has 1 aromatic heterocycles. The lowest BCUT2D eigenvalue weighted by Gasteiger charge is -2.31. The van der Waals surface area contributed by atoms with Crippen molar-refractivity contribution in [1.82, 2.24) is 9.97 Å². The molecule has 0 spiro atoms. The number of anilines is 1. The zero-order valence-corrected chi connectivity index (χ0v) is 14.9. The predicted molar refractivity (Wildman–Crippen MR) is 94.1 cm³/mol. The number of hydrogen-bond donors (Lipinski definition) is 0. The molecule has 3 rings (SSSR count). The standard InChI is InChI=1S/C16H14Cl3N3O2/c17-11-7-12(18)14(13(19)8-11)24-15(23)10-3-1-6-22(9-10)16-20-4-2-5-21-16/h2,4-5,7-8,10H,1,3,6,9H2/t10-/m0/s1. The summed E-state index contributed by atoms with van der Waals surface area (Å²) in [5.74, 6) is 0.0745. The van der Waals surface area contributed by atoms with Crippen molar-refractivity contribution in [3.63, 3.8) is 0 Å². The minimum absolute atomic E-state index is 0.140. The van der Waals surface area contributed by atoms with E-state index in [0.29, 0.717) is 17.5 Å². The van der Waals surface area contributed by atoms with Gasteiger partial charge in [-0.25, -0.2) is 9.97 Å². The van der Waals surface area contributed by atoms with E-state index in [4.69, 9.17) is 39.5 Å². The number of benzene rings is 1. The van der Waals surface area contributed by atoms with Crippen molar-refractivity contribution >= 4 is 46.7 Å². The second-order valence-corrected chi connectivity index (χ2v) is 6.70. The van der Waals surface area contributed by atoms with Crippen molar-refractivity contribution in [3.8, 4) is 5.75 Å². The number of carbonyl (C=O) groups excluding carboxylic acids is 1. The topological polar surface area (TPSA) is 55.3 Å². The van der Waals surface area contributed by atoms with Crippen molar-refractivity contribution in [1.29, 1.82) is 0 Å². The van der Waals surface area contributed by atoms with Crippen molar-refractivity contribution < 1.29 is 9.53 Å². The lowest BCUT2D eigenvalue weighted by atomic mass is 9.98. The zero-order chi connectivity index (χ0) is 17.1. The number of rotatable bonds is 3. The molecule has 0 unspecified atom stereocenters. The van der Waals surface area contributed by atoms with Crippen LogP contribution in [-0.2, 0) is 4.79 Å². The molecule has 8 heteroatoms. The van der Waals surface area contributed by atoms with Crippen LogP contribution in [0, 0.1) is 5.92 Å². The third-order valence-electron chi connectivity index (χ3n) is 3.76. The van der Waals surface area contributed by atoms with Gasteiger partial charge < -0.3 is 9.64 Å². The van der Waals surface area contributed by atoms with Gasteiger partial charge in [-0.1, -0.05) is 34.8 Å². The van der Waals surface area contributed by atoms with Crippen LogP contribution < -0.4 is 9.64 Å². The number of nitrogens with zero attached hydrogens (tertiary/aromatic N) is 3. The molecule has 1 fully saturated rings. The molecule has 1 aliphatic heterocycles. The summed E-state index contributed by atoms with van der Waals surface area (Å²) in [5, 5.41) is 0.801. The van der Waals surface area contributed by atoms with E-state index < -0.39 is 0 Å². The number of aromatic nitrogens is 2. The van der Waals surface area contributed by atoms with Crippen molar-refractivity contribution in [2.24, 2.45) is 5.92 Å². The first-order chi connectivity index (χ1) is 11.5. The summed E-state index contributed by atoms with van der Waals surface area (Å²) < 4.78 is 5.43. The number of carbonyl (C=O) groups is 1. The van der Waals surface area contributed by atoms with Gasteiger partial charge in [0.05, 0.1) is 16.0 Å². The number of hydrogen-bond acceptors (Lipinski definition) is 5. The van der Waals surface area contributed by atoms with E-state index in [1.54, 1.807) is 18.5 Å². The Kier molecular flexibility index (Phi) is 5.43. The van der Waals surface area contributed by atoms with Gasteiger partial charge in [-0.15, -0.1) is 0 Å². The lowest BCUT2D eigenvalue weighted by molar-refractivity contribution is -0.139. The van der Waals surface area contributed by atoms with Crippen LogP contribution in [-0.4, -0.2) is 29.0 Å². The number of piperidine rings is 1. The van der Waals surface area contributed by atoms with E-state index in [2.05, 4.69) is 9.97 Å². The van der Waals surface area contributed by atoms with Gasteiger partial charge >= 0.3 is 5.97 Å². The highest BCUT2D eigenvalue weighted by Gasteiger charge is 2.29. The summed E-state index contributed by atoms with van der Waals surface area (Å²) in [6.45, 7) is 1.29. The molecule has 1 saturated heterocycles. The van der Waals surface area contributed by atoms with Gasteiger partial charge in [-0.3, -0.25) is 4.79 Å². The molecule has 1 aromatic carbocycles. The van der Waals surface area contributed by atoms with E-state index >= 15 is 0 Å². The molecule has 1 aliphatic rings. The largest absolute Gasteiger partial charge is 0.423 e. The van der Waals surface area contributed by atoms with Crippen LogP contribution in [0.2, 0.25) is 15.1 Å². The Morgan fingerprint density at radius 2 is 1.83 bits per heavy atom. The van der Waals surface area contributed by atoms with Crippen molar-refractivity contribution in [2.45, 2.75) is 12.8 Å². The minimum atomic E-state index is -0.373. The molecule has 0 aliphatic carbocycles. The maximum Gasteiger partial charge on any atom is 0.316 e. The van der Waals surface area contributed by atoms with Crippen LogP contribution in [0.1, 0.15) is 12.8 Å². The van der Waals surface area contributed by atoms with Gasteiger partial charge in [0, 0.05) is 30.5 Å². The van der Waals surface area contributed by atoms with E-state index in [1.165, 1.54) is 12.1 Å². The summed E-state index contributed by atoms with van der Waals surface area (Å²) in [7, 11) is 0. The molecule has 0 bridgehead atoms. The van der Waals surface area contributed by atoms with Gasteiger partial charge in [0.1, 0.15) is 0 Å². The first-order valence-electron chi connectivity index (χ1n) is 7.43. The summed E-state index contributed by atoms with van der Waals surface area (Å²) >= 11 is 18.0. The Hall–Kier alpha value is -1.56. The fraction of sp³-hybridized carbons (Fsp3) is 0.312. The number of esters is 1. The second-order valence-electron chi connectivity index (χ2n) is 5.45. The number of halogens is 3. The lowest BCUT2D eigenvalue weighted by Crippen LogP contribution is -2.41. The molecule has 24 heavy (non-hydrogen) atoms. The SMILES string of the molecule is O=C(Oc1c(Cl)cc(Cl)cc1Cl)[C@H]1CCCN(c2ncccn2)C1. The van der Waals surface area contributed by atoms with E-state index in [0.717, 1.165) is 19.4 Å². The maximum absolute atomic E-state index is 12.5. The molecule has 126 valence electrons. The highest BCUT2D eigenvalue weighted by molar-refractivity contribution is 6.40. The van der Waals surface area contributed by atoms with Gasteiger partial charge in [-0.2, -0.15) is 0 Å². The van der Waals surface area contributed by atoms with Crippen LogP contribution >= 0.6 is 34.8 Å². The smallest absolute Gasteiger partial charge is 0.316 e. The van der Waals surface area contributed by atoms with Crippen LogP contribution in [0.4, 0.5) is 5.95 Å². The fourth-order valence-corrected chi connectivity index (χ4v) is 3.51. The first-order valence-corrected chi connectivity index (χ1v) is 8.56. The minimum Gasteiger partial charge on any atom is -0.423 e. The molecule has 2 aromatic rings. The first kappa shape index (κ1) is 17.3. The molecule has 0 radical (unpaired) electrons. The Morgan fingerprint density at radius 1 is 1.17 bits per heavy atom. The fourth-order valence-electron chi connectivity index (χ4n) is 2.62. The maximum atomic E-state index is 12.5. The monoisotopic (exact) mass is 385 g/mol. The normalized spacial score (nSPS) is 17.6. The third-order valence-corrected chi connectivity index (χ3v) is 4.54.